The molecule has 2 amide bonds. The van der Waals surface area contributed by atoms with Crippen LogP contribution in [0.2, 0.25) is 0 Å². The number of pyridine rings is 1. The van der Waals surface area contributed by atoms with Crippen LogP contribution in [0.5, 0.6) is 0 Å². The molecule has 1 aliphatic rings. The van der Waals surface area contributed by atoms with Crippen LogP contribution in [-0.2, 0) is 11.2 Å². The molecule has 2 aromatic rings. The van der Waals surface area contributed by atoms with E-state index >= 15 is 0 Å². The molecule has 1 saturated heterocycles. The second kappa shape index (κ2) is 7.94. The Morgan fingerprint density at radius 1 is 1.11 bits per heavy atom. The van der Waals surface area contributed by atoms with Gasteiger partial charge >= 0.3 is 0 Å². The Bertz CT molecular complexity index is 861. The van der Waals surface area contributed by atoms with E-state index in [4.69, 9.17) is 0 Å². The molecular formula is C19H20N4O4. The van der Waals surface area contributed by atoms with E-state index in [0.717, 1.165) is 5.69 Å². The molecule has 0 N–H and O–H groups in total. The van der Waals surface area contributed by atoms with Gasteiger partial charge in [-0.15, -0.1) is 0 Å². The molecule has 27 heavy (non-hydrogen) atoms. The smallest absolute Gasteiger partial charge is 0.272 e. The second-order valence-electron chi connectivity index (χ2n) is 6.43. The zero-order chi connectivity index (χ0) is 19.4. The highest BCUT2D eigenvalue weighted by molar-refractivity contribution is 5.95. The van der Waals surface area contributed by atoms with Gasteiger partial charge in [0.25, 0.3) is 11.6 Å². The number of amides is 2. The van der Waals surface area contributed by atoms with Crippen molar-refractivity contribution in [2.75, 3.05) is 26.2 Å². The van der Waals surface area contributed by atoms with Gasteiger partial charge in [0.1, 0.15) is 0 Å². The number of carbonyl (C=O) groups is 2. The van der Waals surface area contributed by atoms with Crippen molar-refractivity contribution in [1.29, 1.82) is 0 Å². The zero-order valence-corrected chi connectivity index (χ0v) is 15.0. The second-order valence-corrected chi connectivity index (χ2v) is 6.43. The van der Waals surface area contributed by atoms with Gasteiger partial charge in [0.15, 0.2) is 0 Å². The lowest BCUT2D eigenvalue weighted by Crippen LogP contribution is -2.51. The molecule has 0 saturated carbocycles. The highest BCUT2D eigenvalue weighted by Gasteiger charge is 2.25. The van der Waals surface area contributed by atoms with E-state index in [1.807, 2.05) is 12.1 Å². The summed E-state index contributed by atoms with van der Waals surface area (Å²) in [7, 11) is 0. The first-order valence-corrected chi connectivity index (χ1v) is 8.67. The number of nitrogens with zero attached hydrogens (tertiary/aromatic N) is 4. The summed E-state index contributed by atoms with van der Waals surface area (Å²) in [5.74, 6) is -0.184. The molecule has 8 nitrogen and oxygen atoms in total. The molecule has 1 fully saturated rings. The predicted octanol–water partition coefficient (Wildman–Crippen LogP) is 1.83. The molecule has 0 bridgehead atoms. The number of hydrogen-bond donors (Lipinski definition) is 0. The highest BCUT2D eigenvalue weighted by atomic mass is 16.6. The summed E-state index contributed by atoms with van der Waals surface area (Å²) in [4.78, 5) is 43.0. The Morgan fingerprint density at radius 3 is 2.41 bits per heavy atom. The van der Waals surface area contributed by atoms with Gasteiger partial charge in [-0.3, -0.25) is 24.7 Å². The van der Waals surface area contributed by atoms with Gasteiger partial charge in [0.05, 0.1) is 11.3 Å². The third-order valence-electron chi connectivity index (χ3n) is 4.62. The Morgan fingerprint density at radius 2 is 1.81 bits per heavy atom. The lowest BCUT2D eigenvalue weighted by molar-refractivity contribution is -0.385. The van der Waals surface area contributed by atoms with Crippen LogP contribution in [-0.4, -0.2) is 57.7 Å². The Labute approximate surface area is 156 Å². The highest BCUT2D eigenvalue weighted by Crippen LogP contribution is 2.20. The van der Waals surface area contributed by atoms with E-state index in [-0.39, 0.29) is 23.9 Å². The third-order valence-corrected chi connectivity index (χ3v) is 4.62. The van der Waals surface area contributed by atoms with Crippen molar-refractivity contribution in [3.8, 4) is 0 Å². The number of rotatable bonds is 4. The number of carbonyl (C=O) groups excluding carboxylic acids is 2. The average Bonchev–Trinajstić information content (AvgIpc) is 2.68. The van der Waals surface area contributed by atoms with Gasteiger partial charge in [-0.05, 0) is 31.2 Å². The molecule has 1 aliphatic heterocycles. The van der Waals surface area contributed by atoms with E-state index in [9.17, 15) is 19.7 Å². The molecule has 0 atom stereocenters. The summed E-state index contributed by atoms with van der Waals surface area (Å²) in [5, 5.41) is 10.9. The maximum Gasteiger partial charge on any atom is 0.272 e. The standard InChI is InChI=1S/C19H20N4O4/c1-14-12-15(5-6-17(14)23(26)27)19(25)22-10-8-21(9-11-22)18(24)13-16-4-2-3-7-20-16/h2-7,12H,8-11,13H2,1H3. The number of nitro groups is 1. The number of nitro benzene ring substituents is 1. The van der Waals surface area contributed by atoms with Gasteiger partial charge in [-0.1, -0.05) is 6.07 Å². The van der Waals surface area contributed by atoms with E-state index in [1.165, 1.54) is 12.1 Å². The fourth-order valence-electron chi connectivity index (χ4n) is 3.10. The summed E-state index contributed by atoms with van der Waals surface area (Å²) in [5.41, 5.74) is 1.60. The van der Waals surface area contributed by atoms with E-state index < -0.39 is 4.92 Å². The first kappa shape index (κ1) is 18.5. The third kappa shape index (κ3) is 4.28. The first-order valence-electron chi connectivity index (χ1n) is 8.67. The average molecular weight is 368 g/mol. The number of piperazine rings is 1. The van der Waals surface area contributed by atoms with Crippen LogP contribution in [0, 0.1) is 17.0 Å². The number of hydrogen-bond acceptors (Lipinski definition) is 5. The maximum atomic E-state index is 12.6. The van der Waals surface area contributed by atoms with Crippen LogP contribution in [0.3, 0.4) is 0 Å². The topological polar surface area (TPSA) is 96.7 Å². The van der Waals surface area contributed by atoms with Crippen molar-refractivity contribution < 1.29 is 14.5 Å². The largest absolute Gasteiger partial charge is 0.339 e. The lowest BCUT2D eigenvalue weighted by atomic mass is 10.1. The number of aromatic nitrogens is 1. The maximum absolute atomic E-state index is 12.6. The fourth-order valence-corrected chi connectivity index (χ4v) is 3.10. The molecule has 0 aliphatic carbocycles. The molecular weight excluding hydrogens is 348 g/mol. The van der Waals surface area contributed by atoms with E-state index in [2.05, 4.69) is 4.98 Å². The van der Waals surface area contributed by atoms with Gasteiger partial charge in [-0.2, -0.15) is 0 Å². The monoisotopic (exact) mass is 368 g/mol. The number of aryl methyl sites for hydroxylation is 1. The van der Waals surface area contributed by atoms with Gasteiger partial charge < -0.3 is 9.80 Å². The summed E-state index contributed by atoms with van der Waals surface area (Å²) in [6, 6.07) is 9.84. The fraction of sp³-hybridized carbons (Fsp3) is 0.316. The van der Waals surface area contributed by atoms with Crippen LogP contribution in [0.25, 0.3) is 0 Å². The van der Waals surface area contributed by atoms with E-state index in [0.29, 0.717) is 37.3 Å². The minimum absolute atomic E-state index is 0.00325. The number of benzene rings is 1. The first-order chi connectivity index (χ1) is 13.0. The molecule has 1 aromatic heterocycles. The molecule has 0 spiro atoms. The van der Waals surface area contributed by atoms with Gasteiger partial charge in [0.2, 0.25) is 5.91 Å². The van der Waals surface area contributed by atoms with Crippen molar-refractivity contribution in [2.24, 2.45) is 0 Å². The van der Waals surface area contributed by atoms with Crippen LogP contribution < -0.4 is 0 Å². The van der Waals surface area contributed by atoms with E-state index in [1.54, 1.807) is 35.1 Å². The molecule has 3 rings (SSSR count). The summed E-state index contributed by atoms with van der Waals surface area (Å²) >= 11 is 0. The van der Waals surface area contributed by atoms with Crippen molar-refractivity contribution in [3.05, 3.63) is 69.5 Å². The molecule has 1 aromatic carbocycles. The molecule has 140 valence electrons. The van der Waals surface area contributed by atoms with Crippen molar-refractivity contribution >= 4 is 17.5 Å². The van der Waals surface area contributed by atoms with Crippen LogP contribution in [0.4, 0.5) is 5.69 Å². The normalized spacial score (nSPS) is 14.1. The molecule has 8 heteroatoms. The quantitative estimate of drug-likeness (QED) is 0.606. The summed E-state index contributed by atoms with van der Waals surface area (Å²) in [6.07, 6.45) is 1.90. The Kier molecular flexibility index (Phi) is 5.44. The minimum atomic E-state index is -0.463. The summed E-state index contributed by atoms with van der Waals surface area (Å²) in [6.45, 7) is 3.40. The Balaban J connectivity index is 1.58. The lowest BCUT2D eigenvalue weighted by Gasteiger charge is -2.34. The predicted molar refractivity (Wildman–Crippen MR) is 98.3 cm³/mol. The minimum Gasteiger partial charge on any atom is -0.339 e. The molecule has 2 heterocycles. The Hall–Kier alpha value is -3.29. The van der Waals surface area contributed by atoms with Gasteiger partial charge in [0, 0.05) is 55.3 Å². The SMILES string of the molecule is Cc1cc(C(=O)N2CCN(C(=O)Cc3ccccn3)CC2)ccc1[N+](=O)[O-]. The van der Waals surface area contributed by atoms with Gasteiger partial charge in [-0.25, -0.2) is 0 Å². The van der Waals surface area contributed by atoms with Crippen molar-refractivity contribution in [2.45, 2.75) is 13.3 Å². The molecule has 0 unspecified atom stereocenters. The zero-order valence-electron chi connectivity index (χ0n) is 15.0. The van der Waals surface area contributed by atoms with Crippen LogP contribution >= 0.6 is 0 Å². The van der Waals surface area contributed by atoms with Crippen LogP contribution in [0.15, 0.2) is 42.6 Å². The van der Waals surface area contributed by atoms with Crippen molar-refractivity contribution in [3.63, 3.8) is 0 Å². The summed E-state index contributed by atoms with van der Waals surface area (Å²) < 4.78 is 0. The van der Waals surface area contributed by atoms with Crippen LogP contribution in [0.1, 0.15) is 21.6 Å². The van der Waals surface area contributed by atoms with Crippen molar-refractivity contribution in [1.82, 2.24) is 14.8 Å². The molecule has 0 radical (unpaired) electrons.